The van der Waals surface area contributed by atoms with Crippen LogP contribution in [0.5, 0.6) is 0 Å². The molecule has 6 nitrogen and oxygen atoms in total. The van der Waals surface area contributed by atoms with E-state index in [-0.39, 0.29) is 23.8 Å². The molecule has 3 aliphatic heterocycles. The molecule has 0 aliphatic carbocycles. The van der Waals surface area contributed by atoms with Gasteiger partial charge in [0.05, 0.1) is 17.9 Å². The second kappa shape index (κ2) is 6.24. The number of hydrogen-bond donors (Lipinski definition) is 1. The number of ether oxygens (including phenoxy) is 1. The number of H-pyrrole nitrogens is 1. The number of aromatic amines is 1. The van der Waals surface area contributed by atoms with Gasteiger partial charge in [-0.1, -0.05) is 0 Å². The first-order chi connectivity index (χ1) is 13.2. The summed E-state index contributed by atoms with van der Waals surface area (Å²) in [5.74, 6) is 1.97. The Bertz CT molecular complexity index is 943. The summed E-state index contributed by atoms with van der Waals surface area (Å²) in [5.41, 5.74) is 2.45. The van der Waals surface area contributed by atoms with E-state index >= 15 is 0 Å². The van der Waals surface area contributed by atoms with Gasteiger partial charge in [0.2, 0.25) is 0 Å². The first-order valence-corrected chi connectivity index (χ1v) is 9.44. The van der Waals surface area contributed by atoms with Crippen molar-refractivity contribution in [2.75, 3.05) is 31.2 Å². The topological polar surface area (TPSA) is 61.5 Å². The zero-order valence-corrected chi connectivity index (χ0v) is 14.9. The van der Waals surface area contributed by atoms with Gasteiger partial charge in [-0.3, -0.25) is 4.79 Å². The molecule has 7 heteroatoms. The number of amides is 1. The number of fused-ring (bicyclic) bond motifs is 3. The first kappa shape index (κ1) is 16.6. The fraction of sp³-hybridized carbons (Fsp3) is 0.500. The molecule has 27 heavy (non-hydrogen) atoms. The Balaban J connectivity index is 1.54. The van der Waals surface area contributed by atoms with Gasteiger partial charge in [0.1, 0.15) is 5.65 Å². The molecule has 2 bridgehead atoms. The van der Waals surface area contributed by atoms with Gasteiger partial charge >= 0.3 is 0 Å². The predicted octanol–water partition coefficient (Wildman–Crippen LogP) is 2.02. The molecule has 0 saturated carbocycles. The molecule has 2 aromatic heterocycles. The number of piperazine rings is 1. The fourth-order valence-corrected chi connectivity index (χ4v) is 4.96. The van der Waals surface area contributed by atoms with Crippen LogP contribution < -0.4 is 4.90 Å². The van der Waals surface area contributed by atoms with Crippen LogP contribution >= 0.6 is 0 Å². The normalized spacial score (nSPS) is 25.3. The van der Waals surface area contributed by atoms with Crippen LogP contribution in [0.25, 0.3) is 11.0 Å². The van der Waals surface area contributed by atoms with E-state index in [1.54, 1.807) is 4.90 Å². The van der Waals surface area contributed by atoms with Crippen LogP contribution in [0.15, 0.2) is 12.4 Å². The second-order valence-electron chi connectivity index (χ2n) is 7.61. The van der Waals surface area contributed by atoms with E-state index in [9.17, 15) is 9.18 Å². The lowest BCUT2D eigenvalue weighted by molar-refractivity contribution is -0.126. The van der Waals surface area contributed by atoms with Gasteiger partial charge in [-0.2, -0.15) is 0 Å². The van der Waals surface area contributed by atoms with Gasteiger partial charge in [0.15, 0.2) is 5.82 Å². The number of halogens is 1. The Kier molecular flexibility index (Phi) is 3.83. The van der Waals surface area contributed by atoms with E-state index in [0.717, 1.165) is 43.4 Å². The molecule has 2 atom stereocenters. The van der Waals surface area contributed by atoms with Crippen molar-refractivity contribution in [3.05, 3.63) is 23.8 Å². The van der Waals surface area contributed by atoms with E-state index in [0.29, 0.717) is 30.3 Å². The molecule has 0 spiro atoms. The molecule has 1 amide bonds. The molecule has 5 rings (SSSR count). The van der Waals surface area contributed by atoms with Crippen molar-refractivity contribution < 1.29 is 13.9 Å². The molecule has 1 N–H and O–H groups in total. The van der Waals surface area contributed by atoms with Crippen LogP contribution in [0, 0.1) is 18.2 Å². The van der Waals surface area contributed by atoms with Crippen LogP contribution in [-0.4, -0.2) is 59.2 Å². The molecular weight excluding hydrogens is 347 g/mol. The quantitative estimate of drug-likeness (QED) is 0.824. The number of likely N-dealkylation sites (tertiary alicyclic amines) is 1. The van der Waals surface area contributed by atoms with Gasteiger partial charge < -0.3 is 19.5 Å². The summed E-state index contributed by atoms with van der Waals surface area (Å²) < 4.78 is 20.5. The number of pyridine rings is 1. The lowest BCUT2D eigenvalue weighted by Gasteiger charge is -2.35. The molecule has 3 saturated heterocycles. The first-order valence-electron chi connectivity index (χ1n) is 9.44. The summed E-state index contributed by atoms with van der Waals surface area (Å²) in [7, 11) is 0. The molecule has 0 aromatic carbocycles. The summed E-state index contributed by atoms with van der Waals surface area (Å²) >= 11 is 0. The second-order valence-corrected chi connectivity index (χ2v) is 7.61. The maximum absolute atomic E-state index is 15.0. The summed E-state index contributed by atoms with van der Waals surface area (Å²) in [4.78, 5) is 23.3. The monoisotopic (exact) mass is 368 g/mol. The number of aromatic nitrogens is 2. The molecule has 2 aromatic rings. The lowest BCUT2D eigenvalue weighted by Crippen LogP contribution is -2.48. The lowest BCUT2D eigenvalue weighted by atomic mass is 9.91. The number of carbonyl (C=O) groups is 1. The summed E-state index contributed by atoms with van der Waals surface area (Å²) in [6, 6.07) is 0.136. The minimum atomic E-state index is -0.308. The van der Waals surface area contributed by atoms with Crippen molar-refractivity contribution in [3.63, 3.8) is 0 Å². The Morgan fingerprint density at radius 1 is 1.33 bits per heavy atom. The Hall–Kier alpha value is -2.59. The number of anilines is 1. The van der Waals surface area contributed by atoms with Gasteiger partial charge in [-0.05, 0) is 36.7 Å². The minimum absolute atomic E-state index is 0.0478. The molecule has 0 unspecified atom stereocenters. The highest BCUT2D eigenvalue weighted by Gasteiger charge is 2.46. The van der Waals surface area contributed by atoms with E-state index in [2.05, 4.69) is 20.8 Å². The number of terminal acetylenes is 1. The van der Waals surface area contributed by atoms with Crippen molar-refractivity contribution in [2.24, 2.45) is 0 Å². The van der Waals surface area contributed by atoms with E-state index in [1.807, 2.05) is 6.20 Å². The average molecular weight is 368 g/mol. The largest absolute Gasteiger partial charge is 0.381 e. The molecule has 0 radical (unpaired) electrons. The maximum atomic E-state index is 15.0. The average Bonchev–Trinajstić information content (AvgIpc) is 3.41. The zero-order chi connectivity index (χ0) is 18.5. The molecule has 3 aliphatic rings. The van der Waals surface area contributed by atoms with Crippen LogP contribution in [0.1, 0.15) is 30.7 Å². The van der Waals surface area contributed by atoms with Crippen molar-refractivity contribution in [1.82, 2.24) is 14.9 Å². The molecular formula is C20H21FN4O2. The van der Waals surface area contributed by atoms with Crippen LogP contribution in [0.2, 0.25) is 0 Å². The number of hydrogen-bond acceptors (Lipinski definition) is 4. The highest BCUT2D eigenvalue weighted by atomic mass is 19.1. The van der Waals surface area contributed by atoms with Gasteiger partial charge in [-0.15, -0.1) is 6.42 Å². The van der Waals surface area contributed by atoms with Crippen molar-refractivity contribution >= 4 is 22.6 Å². The number of nitrogens with zero attached hydrogens (tertiary/aromatic N) is 3. The van der Waals surface area contributed by atoms with E-state index < -0.39 is 0 Å². The van der Waals surface area contributed by atoms with Crippen LogP contribution in [-0.2, 0) is 9.53 Å². The molecule has 5 heterocycles. The smallest absolute Gasteiger partial charge is 0.298 e. The summed E-state index contributed by atoms with van der Waals surface area (Å²) in [6.45, 7) is 2.61. The van der Waals surface area contributed by atoms with E-state index in [1.165, 1.54) is 6.20 Å². The SMILES string of the molecule is C#CC(=O)N1C[C@@H]2C[C@H]1CN2c1c(F)cnc2[nH]cc(C3CCOCC3)c12. The maximum Gasteiger partial charge on any atom is 0.298 e. The fourth-order valence-electron chi connectivity index (χ4n) is 4.96. The Morgan fingerprint density at radius 2 is 2.15 bits per heavy atom. The Labute approximate surface area is 156 Å². The minimum Gasteiger partial charge on any atom is -0.381 e. The van der Waals surface area contributed by atoms with Crippen molar-refractivity contribution in [3.8, 4) is 12.3 Å². The van der Waals surface area contributed by atoms with E-state index in [4.69, 9.17) is 11.2 Å². The zero-order valence-electron chi connectivity index (χ0n) is 14.9. The summed E-state index contributed by atoms with van der Waals surface area (Å²) in [6.07, 6.45) is 11.2. The number of nitrogens with one attached hydrogen (secondary N) is 1. The third kappa shape index (κ3) is 2.51. The van der Waals surface area contributed by atoms with Crippen molar-refractivity contribution in [2.45, 2.75) is 37.3 Å². The number of carbonyl (C=O) groups excluding carboxylic acids is 1. The Morgan fingerprint density at radius 3 is 2.85 bits per heavy atom. The molecule has 3 fully saturated rings. The standard InChI is InChI=1S/C20H21FN4O2/c1-2-17(26)24-10-14-7-13(24)11-25(14)19-16(21)9-23-20-18(19)15(8-22-20)12-3-5-27-6-4-12/h1,8-9,12-14H,3-7,10-11H2,(H,22,23)/t13-,14-/m0/s1. The third-order valence-electron chi connectivity index (χ3n) is 6.23. The van der Waals surface area contributed by atoms with Crippen LogP contribution in [0.3, 0.4) is 0 Å². The number of rotatable bonds is 2. The highest BCUT2D eigenvalue weighted by Crippen LogP contribution is 2.42. The van der Waals surface area contributed by atoms with Crippen molar-refractivity contribution in [1.29, 1.82) is 0 Å². The highest BCUT2D eigenvalue weighted by molar-refractivity contribution is 5.96. The van der Waals surface area contributed by atoms with Gasteiger partial charge in [0, 0.05) is 43.9 Å². The van der Waals surface area contributed by atoms with Gasteiger partial charge in [0.25, 0.3) is 5.91 Å². The predicted molar refractivity (Wildman–Crippen MR) is 98.9 cm³/mol. The molecule has 140 valence electrons. The summed E-state index contributed by atoms with van der Waals surface area (Å²) in [5, 5.41) is 0.879. The third-order valence-corrected chi connectivity index (χ3v) is 6.23. The van der Waals surface area contributed by atoms with Gasteiger partial charge in [-0.25, -0.2) is 9.37 Å². The van der Waals surface area contributed by atoms with Crippen LogP contribution in [0.4, 0.5) is 10.1 Å².